The van der Waals surface area contributed by atoms with E-state index in [1.807, 2.05) is 0 Å². The van der Waals surface area contributed by atoms with Crippen molar-refractivity contribution >= 4 is 17.7 Å². The number of hydrogen-bond acceptors (Lipinski definition) is 3. The summed E-state index contributed by atoms with van der Waals surface area (Å²) in [7, 11) is 0. The third-order valence-corrected chi connectivity index (χ3v) is 1.19. The summed E-state index contributed by atoms with van der Waals surface area (Å²) < 4.78 is 0. The van der Waals surface area contributed by atoms with Gasteiger partial charge in [0.25, 0.3) is 0 Å². The van der Waals surface area contributed by atoms with Gasteiger partial charge in [0.2, 0.25) is 17.7 Å². The van der Waals surface area contributed by atoms with Crippen molar-refractivity contribution in [1.82, 2.24) is 10.6 Å². The van der Waals surface area contributed by atoms with E-state index in [1.165, 1.54) is 6.92 Å². The molecule has 0 aromatic heterocycles. The minimum Gasteiger partial charge on any atom is -0.368 e. The molecule has 74 valence electrons. The van der Waals surface area contributed by atoms with Crippen LogP contribution in [-0.2, 0) is 14.4 Å². The Bertz CT molecular complexity index is 215. The van der Waals surface area contributed by atoms with Crippen LogP contribution >= 0.6 is 0 Å². The Morgan fingerprint density at radius 2 is 1.85 bits per heavy atom. The Kier molecular flexibility index (Phi) is 5.25. The summed E-state index contributed by atoms with van der Waals surface area (Å²) in [6, 6.07) is 0. The fourth-order valence-corrected chi connectivity index (χ4v) is 0.626. The SMILES string of the molecule is CC(=O)NCCC(=O)NCC(N)=O. The maximum absolute atomic E-state index is 10.9. The van der Waals surface area contributed by atoms with Crippen molar-refractivity contribution in [3.05, 3.63) is 0 Å². The summed E-state index contributed by atoms with van der Waals surface area (Å²) in [6.45, 7) is 1.46. The predicted octanol–water partition coefficient (Wildman–Crippen LogP) is -1.89. The van der Waals surface area contributed by atoms with Gasteiger partial charge in [-0.3, -0.25) is 14.4 Å². The fraction of sp³-hybridized carbons (Fsp3) is 0.571. The van der Waals surface area contributed by atoms with E-state index in [0.29, 0.717) is 0 Å². The molecule has 0 fully saturated rings. The summed E-state index contributed by atoms with van der Waals surface area (Å²) in [5, 5.41) is 4.74. The molecule has 0 spiro atoms. The average Bonchev–Trinajstić information content (AvgIpc) is 2.00. The van der Waals surface area contributed by atoms with Crippen LogP contribution in [0, 0.1) is 0 Å². The Morgan fingerprint density at radius 1 is 1.23 bits per heavy atom. The minimum atomic E-state index is -0.590. The van der Waals surface area contributed by atoms with Crippen molar-refractivity contribution in [2.45, 2.75) is 13.3 Å². The first-order chi connectivity index (χ1) is 6.02. The maximum Gasteiger partial charge on any atom is 0.236 e. The van der Waals surface area contributed by atoms with Crippen molar-refractivity contribution in [2.24, 2.45) is 5.73 Å². The highest BCUT2D eigenvalue weighted by atomic mass is 16.2. The minimum absolute atomic E-state index is 0.146. The van der Waals surface area contributed by atoms with Crippen molar-refractivity contribution in [3.8, 4) is 0 Å². The van der Waals surface area contributed by atoms with Crippen LogP contribution in [0.25, 0.3) is 0 Å². The molecule has 0 unspecified atom stereocenters. The summed E-state index contributed by atoms with van der Waals surface area (Å²) in [6.07, 6.45) is 0.146. The van der Waals surface area contributed by atoms with Crippen LogP contribution < -0.4 is 16.4 Å². The molecule has 0 heterocycles. The van der Waals surface area contributed by atoms with Crippen LogP contribution in [0.5, 0.6) is 0 Å². The quantitative estimate of drug-likeness (QED) is 0.469. The second-order valence-corrected chi connectivity index (χ2v) is 2.48. The van der Waals surface area contributed by atoms with E-state index in [-0.39, 0.29) is 31.3 Å². The Morgan fingerprint density at radius 3 is 2.31 bits per heavy atom. The van der Waals surface area contributed by atoms with Gasteiger partial charge in [0, 0.05) is 19.9 Å². The largest absolute Gasteiger partial charge is 0.368 e. The molecule has 0 aromatic carbocycles. The summed E-state index contributed by atoms with van der Waals surface area (Å²) in [5.41, 5.74) is 4.79. The van der Waals surface area contributed by atoms with Crippen LogP contribution in [0.4, 0.5) is 0 Å². The van der Waals surface area contributed by atoms with E-state index in [9.17, 15) is 14.4 Å². The number of carbonyl (C=O) groups is 3. The zero-order valence-corrected chi connectivity index (χ0v) is 7.42. The van der Waals surface area contributed by atoms with Crippen LogP contribution in [0.15, 0.2) is 0 Å². The Labute approximate surface area is 75.9 Å². The number of nitrogens with one attached hydrogen (secondary N) is 2. The number of amides is 3. The molecule has 3 amide bonds. The van der Waals surface area contributed by atoms with Gasteiger partial charge in [-0.05, 0) is 0 Å². The molecule has 13 heavy (non-hydrogen) atoms. The van der Waals surface area contributed by atoms with Gasteiger partial charge in [-0.15, -0.1) is 0 Å². The Hall–Kier alpha value is -1.59. The van der Waals surface area contributed by atoms with Crippen LogP contribution in [0.3, 0.4) is 0 Å². The topological polar surface area (TPSA) is 101 Å². The molecule has 0 rings (SSSR count). The first kappa shape index (κ1) is 11.4. The molecule has 0 aliphatic rings. The van der Waals surface area contributed by atoms with E-state index in [1.54, 1.807) is 0 Å². The molecule has 0 saturated heterocycles. The number of carbonyl (C=O) groups excluding carboxylic acids is 3. The van der Waals surface area contributed by atoms with Gasteiger partial charge in [-0.2, -0.15) is 0 Å². The van der Waals surface area contributed by atoms with Crippen LogP contribution in [0.2, 0.25) is 0 Å². The third kappa shape index (κ3) is 8.32. The van der Waals surface area contributed by atoms with Crippen molar-refractivity contribution in [2.75, 3.05) is 13.1 Å². The lowest BCUT2D eigenvalue weighted by Crippen LogP contribution is -2.35. The number of primary amides is 1. The van der Waals surface area contributed by atoms with Gasteiger partial charge < -0.3 is 16.4 Å². The molecule has 0 aliphatic carbocycles. The smallest absolute Gasteiger partial charge is 0.236 e. The third-order valence-electron chi connectivity index (χ3n) is 1.19. The maximum atomic E-state index is 10.9. The molecule has 0 bridgehead atoms. The lowest BCUT2D eigenvalue weighted by Gasteiger charge is -2.02. The molecular formula is C7H13N3O3. The molecule has 4 N–H and O–H groups in total. The van der Waals surface area contributed by atoms with Gasteiger partial charge in [0.05, 0.1) is 6.54 Å². The normalized spacial score (nSPS) is 9.00. The zero-order chi connectivity index (χ0) is 10.3. The van der Waals surface area contributed by atoms with E-state index in [4.69, 9.17) is 5.73 Å². The molecule has 0 saturated carbocycles. The molecule has 0 atom stereocenters. The van der Waals surface area contributed by atoms with E-state index < -0.39 is 5.91 Å². The monoisotopic (exact) mass is 187 g/mol. The first-order valence-electron chi connectivity index (χ1n) is 3.82. The molecule has 0 aliphatic heterocycles. The highest BCUT2D eigenvalue weighted by molar-refractivity contribution is 5.84. The fourth-order valence-electron chi connectivity index (χ4n) is 0.626. The number of nitrogens with two attached hydrogens (primary N) is 1. The Balaban J connectivity index is 3.41. The summed E-state index contributed by atoms with van der Waals surface area (Å²) in [5.74, 6) is -1.09. The lowest BCUT2D eigenvalue weighted by atomic mass is 10.4. The van der Waals surface area contributed by atoms with Gasteiger partial charge in [-0.25, -0.2) is 0 Å². The molecular weight excluding hydrogens is 174 g/mol. The number of hydrogen-bond donors (Lipinski definition) is 3. The van der Waals surface area contributed by atoms with Gasteiger partial charge in [0.1, 0.15) is 0 Å². The second kappa shape index (κ2) is 5.99. The van der Waals surface area contributed by atoms with E-state index in [0.717, 1.165) is 0 Å². The second-order valence-electron chi connectivity index (χ2n) is 2.48. The molecule has 6 nitrogen and oxygen atoms in total. The van der Waals surface area contributed by atoms with Crippen molar-refractivity contribution in [1.29, 1.82) is 0 Å². The van der Waals surface area contributed by atoms with Crippen LogP contribution in [-0.4, -0.2) is 30.8 Å². The zero-order valence-electron chi connectivity index (χ0n) is 7.42. The summed E-state index contributed by atoms with van der Waals surface area (Å²) in [4.78, 5) is 31.5. The van der Waals surface area contributed by atoms with E-state index in [2.05, 4.69) is 10.6 Å². The highest BCUT2D eigenvalue weighted by Crippen LogP contribution is 1.76. The van der Waals surface area contributed by atoms with Gasteiger partial charge in [-0.1, -0.05) is 0 Å². The van der Waals surface area contributed by atoms with Gasteiger partial charge in [0.15, 0.2) is 0 Å². The van der Waals surface area contributed by atoms with Crippen molar-refractivity contribution in [3.63, 3.8) is 0 Å². The van der Waals surface area contributed by atoms with Crippen LogP contribution in [0.1, 0.15) is 13.3 Å². The molecule has 0 aromatic rings. The summed E-state index contributed by atoms with van der Waals surface area (Å²) >= 11 is 0. The number of rotatable bonds is 5. The first-order valence-corrected chi connectivity index (χ1v) is 3.82. The highest BCUT2D eigenvalue weighted by Gasteiger charge is 2.02. The van der Waals surface area contributed by atoms with E-state index >= 15 is 0 Å². The molecule has 0 radical (unpaired) electrons. The van der Waals surface area contributed by atoms with Gasteiger partial charge >= 0.3 is 0 Å². The lowest BCUT2D eigenvalue weighted by molar-refractivity contribution is -0.125. The average molecular weight is 187 g/mol. The predicted molar refractivity (Wildman–Crippen MR) is 45.5 cm³/mol. The molecule has 6 heteroatoms. The van der Waals surface area contributed by atoms with Crippen molar-refractivity contribution < 1.29 is 14.4 Å². The standard InChI is InChI=1S/C7H13N3O3/c1-5(11)9-3-2-7(13)10-4-6(8)12/h2-4H2,1H3,(H2,8,12)(H,9,11)(H,10,13).